The summed E-state index contributed by atoms with van der Waals surface area (Å²) in [4.78, 5) is 20.0. The number of nitrogens with zero attached hydrogens (tertiary/aromatic N) is 3. The SMILES string of the molecule is CCNC(=O)CCn1c(N)nc2cc(C)cnc21. The number of carbonyl (C=O) groups is 1. The van der Waals surface area contributed by atoms with Gasteiger partial charge >= 0.3 is 0 Å². The molecule has 96 valence electrons. The molecule has 2 aromatic heterocycles. The maximum Gasteiger partial charge on any atom is 0.221 e. The smallest absolute Gasteiger partial charge is 0.221 e. The minimum Gasteiger partial charge on any atom is -0.369 e. The predicted octanol–water partition coefficient (Wildman–Crippen LogP) is 0.848. The van der Waals surface area contributed by atoms with Crippen LogP contribution in [0.3, 0.4) is 0 Å². The van der Waals surface area contributed by atoms with Gasteiger partial charge in [0.05, 0.1) is 0 Å². The number of aromatic nitrogens is 3. The number of nitrogens with two attached hydrogens (primary N) is 1. The van der Waals surface area contributed by atoms with Gasteiger partial charge in [0.15, 0.2) is 5.65 Å². The molecule has 0 spiro atoms. The Balaban J connectivity index is 2.22. The van der Waals surface area contributed by atoms with Crippen molar-refractivity contribution in [2.24, 2.45) is 0 Å². The predicted molar refractivity (Wildman–Crippen MR) is 70.0 cm³/mol. The van der Waals surface area contributed by atoms with E-state index in [0.717, 1.165) is 16.7 Å². The molecule has 2 rings (SSSR count). The molecule has 0 radical (unpaired) electrons. The van der Waals surface area contributed by atoms with Crippen LogP contribution in [-0.4, -0.2) is 27.0 Å². The van der Waals surface area contributed by atoms with E-state index in [-0.39, 0.29) is 5.91 Å². The molecule has 0 aliphatic carbocycles. The van der Waals surface area contributed by atoms with Crippen LogP contribution in [0.15, 0.2) is 12.3 Å². The number of carbonyl (C=O) groups excluding carboxylic acids is 1. The van der Waals surface area contributed by atoms with Crippen molar-refractivity contribution in [3.8, 4) is 0 Å². The van der Waals surface area contributed by atoms with E-state index < -0.39 is 0 Å². The van der Waals surface area contributed by atoms with E-state index in [1.165, 1.54) is 0 Å². The van der Waals surface area contributed by atoms with E-state index in [9.17, 15) is 4.79 Å². The molecule has 2 heterocycles. The zero-order valence-electron chi connectivity index (χ0n) is 10.6. The van der Waals surface area contributed by atoms with Crippen molar-refractivity contribution < 1.29 is 4.79 Å². The van der Waals surface area contributed by atoms with Crippen LogP contribution in [0.2, 0.25) is 0 Å². The number of aryl methyl sites for hydroxylation is 2. The van der Waals surface area contributed by atoms with Gasteiger partial charge in [-0.3, -0.25) is 9.36 Å². The minimum atomic E-state index is 0.00543. The Hall–Kier alpha value is -2.11. The second-order valence-corrected chi connectivity index (χ2v) is 4.18. The van der Waals surface area contributed by atoms with Crippen LogP contribution in [0.4, 0.5) is 5.95 Å². The highest BCUT2D eigenvalue weighted by atomic mass is 16.1. The molecule has 6 heteroatoms. The van der Waals surface area contributed by atoms with Crippen molar-refractivity contribution in [1.82, 2.24) is 19.9 Å². The highest BCUT2D eigenvalue weighted by Gasteiger charge is 2.10. The Bertz CT molecular complexity index is 575. The Kier molecular flexibility index (Phi) is 3.45. The summed E-state index contributed by atoms with van der Waals surface area (Å²) in [6.45, 7) is 4.97. The van der Waals surface area contributed by atoms with Gasteiger partial charge in [0, 0.05) is 25.7 Å². The number of nitrogens with one attached hydrogen (secondary N) is 1. The van der Waals surface area contributed by atoms with E-state index in [2.05, 4.69) is 15.3 Å². The van der Waals surface area contributed by atoms with E-state index in [0.29, 0.717) is 25.5 Å². The summed E-state index contributed by atoms with van der Waals surface area (Å²) in [5.74, 6) is 0.401. The first-order valence-electron chi connectivity index (χ1n) is 5.97. The fraction of sp³-hybridized carbons (Fsp3) is 0.417. The number of imidazole rings is 1. The molecule has 0 atom stereocenters. The van der Waals surface area contributed by atoms with Crippen molar-refractivity contribution in [2.75, 3.05) is 12.3 Å². The second-order valence-electron chi connectivity index (χ2n) is 4.18. The van der Waals surface area contributed by atoms with Gasteiger partial charge < -0.3 is 11.1 Å². The maximum absolute atomic E-state index is 11.4. The van der Waals surface area contributed by atoms with Crippen molar-refractivity contribution >= 4 is 23.0 Å². The van der Waals surface area contributed by atoms with Crippen LogP contribution < -0.4 is 11.1 Å². The van der Waals surface area contributed by atoms with Crippen LogP contribution in [0.25, 0.3) is 11.2 Å². The van der Waals surface area contributed by atoms with Crippen LogP contribution in [0, 0.1) is 6.92 Å². The first-order valence-corrected chi connectivity index (χ1v) is 5.97. The monoisotopic (exact) mass is 247 g/mol. The summed E-state index contributed by atoms with van der Waals surface area (Å²) in [6.07, 6.45) is 2.14. The summed E-state index contributed by atoms with van der Waals surface area (Å²) < 4.78 is 1.77. The molecule has 0 aromatic carbocycles. The van der Waals surface area contributed by atoms with Gasteiger partial charge in [0.2, 0.25) is 11.9 Å². The summed E-state index contributed by atoms with van der Waals surface area (Å²) >= 11 is 0. The lowest BCUT2D eigenvalue weighted by molar-refractivity contribution is -0.121. The first-order chi connectivity index (χ1) is 8.61. The zero-order valence-corrected chi connectivity index (χ0v) is 10.6. The largest absolute Gasteiger partial charge is 0.369 e. The van der Waals surface area contributed by atoms with Gasteiger partial charge in [-0.05, 0) is 25.5 Å². The van der Waals surface area contributed by atoms with Crippen molar-refractivity contribution in [3.05, 3.63) is 17.8 Å². The van der Waals surface area contributed by atoms with Gasteiger partial charge in [-0.1, -0.05) is 0 Å². The number of rotatable bonds is 4. The van der Waals surface area contributed by atoms with E-state index in [1.54, 1.807) is 10.8 Å². The highest BCUT2D eigenvalue weighted by molar-refractivity contribution is 5.77. The average molecular weight is 247 g/mol. The number of hydrogen-bond acceptors (Lipinski definition) is 4. The van der Waals surface area contributed by atoms with Crippen molar-refractivity contribution in [3.63, 3.8) is 0 Å². The molecule has 0 aliphatic rings. The van der Waals surface area contributed by atoms with Crippen LogP contribution in [0.5, 0.6) is 0 Å². The van der Waals surface area contributed by atoms with Gasteiger partial charge in [-0.15, -0.1) is 0 Å². The minimum absolute atomic E-state index is 0.00543. The van der Waals surface area contributed by atoms with E-state index in [1.807, 2.05) is 19.9 Å². The van der Waals surface area contributed by atoms with Crippen molar-refractivity contribution in [1.29, 1.82) is 0 Å². The fourth-order valence-corrected chi connectivity index (χ4v) is 1.85. The number of fused-ring (bicyclic) bond motifs is 1. The fourth-order valence-electron chi connectivity index (χ4n) is 1.85. The maximum atomic E-state index is 11.4. The molecule has 18 heavy (non-hydrogen) atoms. The number of pyridine rings is 1. The highest BCUT2D eigenvalue weighted by Crippen LogP contribution is 2.16. The first kappa shape index (κ1) is 12.3. The molecule has 6 nitrogen and oxygen atoms in total. The van der Waals surface area contributed by atoms with Crippen LogP contribution in [0.1, 0.15) is 18.9 Å². The summed E-state index contributed by atoms with van der Waals surface area (Å²) in [7, 11) is 0. The molecular formula is C12H17N5O. The number of anilines is 1. The summed E-state index contributed by atoms with van der Waals surface area (Å²) in [5, 5.41) is 2.75. The zero-order chi connectivity index (χ0) is 13.1. The lowest BCUT2D eigenvalue weighted by Gasteiger charge is -2.05. The topological polar surface area (TPSA) is 85.8 Å². The molecule has 0 aliphatic heterocycles. The Morgan fingerprint density at radius 1 is 1.56 bits per heavy atom. The van der Waals surface area contributed by atoms with Crippen LogP contribution in [-0.2, 0) is 11.3 Å². The molecule has 3 N–H and O–H groups in total. The third-order valence-electron chi connectivity index (χ3n) is 2.69. The average Bonchev–Trinajstić information content (AvgIpc) is 2.61. The number of nitrogen functional groups attached to an aromatic ring is 1. The molecule has 0 saturated carbocycles. The summed E-state index contributed by atoms with van der Waals surface area (Å²) in [5.41, 5.74) is 8.37. The Labute approximate surface area is 105 Å². The molecule has 1 amide bonds. The Morgan fingerprint density at radius 2 is 2.33 bits per heavy atom. The number of amides is 1. The molecule has 2 aromatic rings. The number of hydrogen-bond donors (Lipinski definition) is 2. The molecule has 0 saturated heterocycles. The van der Waals surface area contributed by atoms with Gasteiger partial charge in [-0.2, -0.15) is 0 Å². The van der Waals surface area contributed by atoms with Crippen LogP contribution >= 0.6 is 0 Å². The normalized spacial score (nSPS) is 10.8. The quantitative estimate of drug-likeness (QED) is 0.838. The second kappa shape index (κ2) is 5.03. The molecule has 0 fully saturated rings. The lowest BCUT2D eigenvalue weighted by Crippen LogP contribution is -2.24. The third kappa shape index (κ3) is 2.42. The molecule has 0 unspecified atom stereocenters. The van der Waals surface area contributed by atoms with Gasteiger partial charge in [-0.25, -0.2) is 9.97 Å². The molecular weight excluding hydrogens is 230 g/mol. The van der Waals surface area contributed by atoms with Crippen molar-refractivity contribution in [2.45, 2.75) is 26.8 Å². The third-order valence-corrected chi connectivity index (χ3v) is 2.69. The van der Waals surface area contributed by atoms with Gasteiger partial charge in [0.25, 0.3) is 0 Å². The lowest BCUT2D eigenvalue weighted by atomic mass is 10.3. The van der Waals surface area contributed by atoms with E-state index in [4.69, 9.17) is 5.73 Å². The van der Waals surface area contributed by atoms with Gasteiger partial charge in [0.1, 0.15) is 5.52 Å². The van der Waals surface area contributed by atoms with E-state index >= 15 is 0 Å². The Morgan fingerprint density at radius 3 is 3.06 bits per heavy atom. The summed E-state index contributed by atoms with van der Waals surface area (Å²) in [6, 6.07) is 1.93. The standard InChI is InChI=1S/C12H17N5O/c1-3-14-10(18)4-5-17-11-9(16-12(17)13)6-8(2)7-15-11/h6-7H,3-5H2,1-2H3,(H2,13,16)(H,14,18). The molecule has 0 bridgehead atoms.